The average Bonchev–Trinajstić information content (AvgIpc) is 2.43. The summed E-state index contributed by atoms with van der Waals surface area (Å²) in [7, 11) is 0. The molecule has 21 heavy (non-hydrogen) atoms. The highest BCUT2D eigenvalue weighted by atomic mass is 19.1. The van der Waals surface area contributed by atoms with Crippen LogP contribution in [0.15, 0.2) is 24.3 Å². The summed E-state index contributed by atoms with van der Waals surface area (Å²) in [6, 6.07) is 5.08. The molecule has 0 bridgehead atoms. The van der Waals surface area contributed by atoms with Gasteiger partial charge in [-0.05, 0) is 49.1 Å². The Hall–Kier alpha value is -1.92. The first-order valence-electron chi connectivity index (χ1n) is 6.77. The molecule has 2 aromatic rings. The van der Waals surface area contributed by atoms with E-state index in [-0.39, 0.29) is 6.04 Å². The zero-order chi connectivity index (χ0) is 15.4. The fourth-order valence-electron chi connectivity index (χ4n) is 2.33. The molecule has 1 aromatic heterocycles. The number of benzene rings is 1. The fraction of sp³-hybridized carbons (Fsp3) is 0.333. The highest BCUT2D eigenvalue weighted by molar-refractivity contribution is 5.28. The predicted molar refractivity (Wildman–Crippen MR) is 76.3 cm³/mol. The number of rotatable bonds is 5. The Kier molecular flexibility index (Phi) is 4.93. The van der Waals surface area contributed by atoms with Crippen molar-refractivity contribution in [1.82, 2.24) is 15.6 Å². The zero-order valence-corrected chi connectivity index (χ0v) is 12.0. The van der Waals surface area contributed by atoms with Crippen LogP contribution in [0.25, 0.3) is 0 Å². The summed E-state index contributed by atoms with van der Waals surface area (Å²) in [4.78, 5) is 0. The molecule has 2 rings (SSSR count). The summed E-state index contributed by atoms with van der Waals surface area (Å²) in [5.74, 6) is 4.42. The highest BCUT2D eigenvalue weighted by Gasteiger charge is 2.17. The minimum atomic E-state index is -0.597. The van der Waals surface area contributed by atoms with Gasteiger partial charge in [-0.15, -0.1) is 0 Å². The number of hydrogen-bond acceptors (Lipinski definition) is 4. The van der Waals surface area contributed by atoms with Crippen molar-refractivity contribution in [3.05, 3.63) is 58.4 Å². The first-order valence-corrected chi connectivity index (χ1v) is 6.77. The van der Waals surface area contributed by atoms with Crippen molar-refractivity contribution in [2.75, 3.05) is 0 Å². The largest absolute Gasteiger partial charge is 0.271 e. The lowest BCUT2D eigenvalue weighted by molar-refractivity contribution is 0.532. The van der Waals surface area contributed by atoms with Gasteiger partial charge in [-0.2, -0.15) is 10.2 Å². The van der Waals surface area contributed by atoms with E-state index in [1.54, 1.807) is 0 Å². The van der Waals surface area contributed by atoms with Crippen LogP contribution in [0.1, 0.15) is 35.5 Å². The van der Waals surface area contributed by atoms with Gasteiger partial charge in [0, 0.05) is 6.07 Å². The molecule has 0 radical (unpaired) electrons. The fourth-order valence-corrected chi connectivity index (χ4v) is 2.33. The second-order valence-corrected chi connectivity index (χ2v) is 4.94. The number of halogens is 2. The molecule has 0 saturated carbocycles. The second-order valence-electron chi connectivity index (χ2n) is 4.94. The van der Waals surface area contributed by atoms with Gasteiger partial charge in [-0.3, -0.25) is 11.3 Å². The molecular formula is C15H18F2N4. The van der Waals surface area contributed by atoms with Crippen LogP contribution in [0.4, 0.5) is 8.78 Å². The molecule has 1 heterocycles. The Balaban J connectivity index is 2.33. The van der Waals surface area contributed by atoms with Gasteiger partial charge in [-0.25, -0.2) is 8.78 Å². The molecule has 0 aliphatic carbocycles. The van der Waals surface area contributed by atoms with Crippen LogP contribution in [-0.2, 0) is 12.8 Å². The minimum Gasteiger partial charge on any atom is -0.271 e. The number of aromatic nitrogens is 2. The van der Waals surface area contributed by atoms with E-state index in [2.05, 4.69) is 15.6 Å². The molecule has 0 amide bonds. The lowest BCUT2D eigenvalue weighted by Gasteiger charge is -2.19. The van der Waals surface area contributed by atoms with Crippen LogP contribution in [0.2, 0.25) is 0 Å². The van der Waals surface area contributed by atoms with Gasteiger partial charge in [0.15, 0.2) is 0 Å². The summed E-state index contributed by atoms with van der Waals surface area (Å²) in [5.41, 5.74) is 5.72. The Morgan fingerprint density at radius 3 is 2.38 bits per heavy atom. The van der Waals surface area contributed by atoms with E-state index < -0.39 is 11.6 Å². The molecule has 0 saturated heterocycles. The van der Waals surface area contributed by atoms with Crippen LogP contribution < -0.4 is 11.3 Å². The number of hydrogen-bond donors (Lipinski definition) is 2. The molecule has 0 aliphatic rings. The Bertz CT molecular complexity index is 611. The maximum absolute atomic E-state index is 13.3. The minimum absolute atomic E-state index is 0.282. The summed E-state index contributed by atoms with van der Waals surface area (Å²) < 4.78 is 26.6. The van der Waals surface area contributed by atoms with E-state index in [0.717, 1.165) is 23.0 Å². The van der Waals surface area contributed by atoms with Gasteiger partial charge in [0.05, 0.1) is 17.4 Å². The number of hydrazine groups is 1. The normalized spacial score (nSPS) is 12.4. The third-order valence-corrected chi connectivity index (χ3v) is 3.30. The van der Waals surface area contributed by atoms with Crippen LogP contribution in [0.3, 0.4) is 0 Å². The summed E-state index contributed by atoms with van der Waals surface area (Å²) in [5, 5.41) is 8.17. The van der Waals surface area contributed by atoms with Crippen LogP contribution >= 0.6 is 0 Å². The predicted octanol–water partition coefficient (Wildman–Crippen LogP) is 2.37. The molecule has 0 aliphatic heterocycles. The van der Waals surface area contributed by atoms with Crippen LogP contribution in [-0.4, -0.2) is 10.2 Å². The molecular weight excluding hydrogens is 274 g/mol. The molecule has 6 heteroatoms. The molecule has 1 aromatic carbocycles. The van der Waals surface area contributed by atoms with Crippen molar-refractivity contribution in [1.29, 1.82) is 0 Å². The maximum Gasteiger partial charge on any atom is 0.126 e. The smallest absolute Gasteiger partial charge is 0.126 e. The van der Waals surface area contributed by atoms with E-state index >= 15 is 0 Å². The summed E-state index contributed by atoms with van der Waals surface area (Å²) >= 11 is 0. The first-order chi connectivity index (χ1) is 10.0. The van der Waals surface area contributed by atoms with E-state index in [1.165, 1.54) is 12.1 Å². The number of nitrogens with two attached hydrogens (primary N) is 1. The lowest BCUT2D eigenvalue weighted by atomic mass is 9.97. The van der Waals surface area contributed by atoms with Gasteiger partial charge < -0.3 is 0 Å². The summed E-state index contributed by atoms with van der Waals surface area (Å²) in [6.45, 7) is 3.81. The number of nitrogens with one attached hydrogen (secondary N) is 1. The Morgan fingerprint density at radius 2 is 1.81 bits per heavy atom. The van der Waals surface area contributed by atoms with E-state index in [9.17, 15) is 8.78 Å². The van der Waals surface area contributed by atoms with E-state index in [1.807, 2.05) is 19.9 Å². The maximum atomic E-state index is 13.3. The van der Waals surface area contributed by atoms with Crippen molar-refractivity contribution >= 4 is 0 Å². The topological polar surface area (TPSA) is 63.8 Å². The molecule has 1 unspecified atom stereocenters. The molecule has 0 fully saturated rings. The Labute approximate surface area is 122 Å². The molecule has 4 nitrogen and oxygen atoms in total. The van der Waals surface area contributed by atoms with E-state index in [0.29, 0.717) is 18.4 Å². The monoisotopic (exact) mass is 292 g/mol. The van der Waals surface area contributed by atoms with Gasteiger partial charge >= 0.3 is 0 Å². The average molecular weight is 292 g/mol. The van der Waals surface area contributed by atoms with Gasteiger partial charge in [-0.1, -0.05) is 6.92 Å². The van der Waals surface area contributed by atoms with Crippen LogP contribution in [0.5, 0.6) is 0 Å². The highest BCUT2D eigenvalue weighted by Crippen LogP contribution is 2.22. The molecule has 0 spiro atoms. The number of aryl methyl sites for hydroxylation is 2. The van der Waals surface area contributed by atoms with Crippen molar-refractivity contribution in [2.24, 2.45) is 5.84 Å². The number of nitrogens with zero attached hydrogens (tertiary/aromatic N) is 2. The third-order valence-electron chi connectivity index (χ3n) is 3.30. The lowest BCUT2D eigenvalue weighted by Crippen LogP contribution is -2.31. The van der Waals surface area contributed by atoms with Crippen molar-refractivity contribution in [2.45, 2.75) is 32.7 Å². The molecule has 112 valence electrons. The second kappa shape index (κ2) is 6.69. The molecule has 1 atom stereocenters. The van der Waals surface area contributed by atoms with Crippen molar-refractivity contribution < 1.29 is 8.78 Å². The van der Waals surface area contributed by atoms with Gasteiger partial charge in [0.1, 0.15) is 11.6 Å². The standard InChI is InChI=1S/C15H18F2N4/c1-3-14-13(4-9(2)20-21-14)15(19-18)7-10-5-11(16)8-12(17)6-10/h4-6,8,15,19H,3,7,18H2,1-2H3. The van der Waals surface area contributed by atoms with Crippen molar-refractivity contribution in [3.63, 3.8) is 0 Å². The quantitative estimate of drug-likeness (QED) is 0.656. The zero-order valence-electron chi connectivity index (χ0n) is 12.0. The summed E-state index contributed by atoms with van der Waals surface area (Å²) in [6.07, 6.45) is 1.07. The Morgan fingerprint density at radius 1 is 1.14 bits per heavy atom. The van der Waals surface area contributed by atoms with Gasteiger partial charge in [0.25, 0.3) is 0 Å². The van der Waals surface area contributed by atoms with Crippen molar-refractivity contribution in [3.8, 4) is 0 Å². The van der Waals surface area contributed by atoms with Gasteiger partial charge in [0.2, 0.25) is 0 Å². The molecule has 3 N–H and O–H groups in total. The van der Waals surface area contributed by atoms with Crippen LogP contribution in [0, 0.1) is 18.6 Å². The van der Waals surface area contributed by atoms with E-state index in [4.69, 9.17) is 5.84 Å². The SMILES string of the molecule is CCc1nnc(C)cc1C(Cc1cc(F)cc(F)c1)NN. The third kappa shape index (κ3) is 3.80. The first kappa shape index (κ1) is 15.5.